The predicted octanol–water partition coefficient (Wildman–Crippen LogP) is 6.55. The van der Waals surface area contributed by atoms with E-state index < -0.39 is 5.60 Å². The van der Waals surface area contributed by atoms with Crippen LogP contribution in [0.5, 0.6) is 5.88 Å². The van der Waals surface area contributed by atoms with E-state index in [1.807, 2.05) is 41.1 Å². The SMILES string of the molecule is COc1nc2ccc(Br)cc2cc1C(CC1CCCCC1)C(O)(CCN(C)C)c1ccc2nccn2c1. The summed E-state index contributed by atoms with van der Waals surface area (Å²) in [6.45, 7) is 0.758. The van der Waals surface area contributed by atoms with Crippen LogP contribution in [0, 0.1) is 5.92 Å². The van der Waals surface area contributed by atoms with Crippen LogP contribution < -0.4 is 4.74 Å². The van der Waals surface area contributed by atoms with Gasteiger partial charge in [0.1, 0.15) is 5.65 Å². The van der Waals surface area contributed by atoms with Gasteiger partial charge in [0.2, 0.25) is 5.88 Å². The molecule has 1 fully saturated rings. The molecule has 0 bridgehead atoms. The number of ether oxygens (including phenoxy) is 1. The van der Waals surface area contributed by atoms with E-state index >= 15 is 0 Å². The lowest BCUT2D eigenvalue weighted by Gasteiger charge is -2.40. The Labute approximate surface area is 227 Å². The number of nitrogens with zero attached hydrogens (tertiary/aromatic N) is 4. The van der Waals surface area contributed by atoms with Crippen molar-refractivity contribution in [3.8, 4) is 5.88 Å². The summed E-state index contributed by atoms with van der Waals surface area (Å²) in [6, 6.07) is 12.3. The molecule has 1 aliphatic carbocycles. The fraction of sp³-hybridized carbons (Fsp3) is 0.467. The van der Waals surface area contributed by atoms with E-state index in [9.17, 15) is 5.11 Å². The second-order valence-electron chi connectivity index (χ2n) is 10.8. The second kappa shape index (κ2) is 11.1. The van der Waals surface area contributed by atoms with E-state index in [0.29, 0.717) is 18.2 Å². The Kier molecular flexibility index (Phi) is 7.84. The molecule has 0 amide bonds. The molecule has 1 N–H and O–H groups in total. The average Bonchev–Trinajstić information content (AvgIpc) is 3.38. The van der Waals surface area contributed by atoms with Crippen LogP contribution in [0.25, 0.3) is 16.6 Å². The lowest BCUT2D eigenvalue weighted by atomic mass is 9.69. The van der Waals surface area contributed by atoms with Gasteiger partial charge in [0.05, 0.1) is 18.2 Å². The van der Waals surface area contributed by atoms with Gasteiger partial charge < -0.3 is 19.1 Å². The molecule has 4 aromatic rings. The zero-order chi connectivity index (χ0) is 26.0. The van der Waals surface area contributed by atoms with Crippen molar-refractivity contribution in [1.29, 1.82) is 0 Å². The largest absolute Gasteiger partial charge is 0.481 e. The number of imidazole rings is 1. The Morgan fingerprint density at radius 2 is 1.97 bits per heavy atom. The maximum Gasteiger partial charge on any atom is 0.217 e. The maximum absolute atomic E-state index is 12.9. The van der Waals surface area contributed by atoms with Crippen LogP contribution in [-0.4, -0.2) is 52.1 Å². The Balaban J connectivity index is 1.69. The molecule has 3 aromatic heterocycles. The second-order valence-corrected chi connectivity index (χ2v) is 11.7. The van der Waals surface area contributed by atoms with E-state index in [1.54, 1.807) is 13.3 Å². The number of aromatic nitrogens is 3. The Morgan fingerprint density at radius 3 is 2.73 bits per heavy atom. The topological polar surface area (TPSA) is 62.9 Å². The lowest BCUT2D eigenvalue weighted by molar-refractivity contribution is -0.0171. The summed E-state index contributed by atoms with van der Waals surface area (Å²) in [4.78, 5) is 11.5. The van der Waals surface area contributed by atoms with E-state index in [2.05, 4.69) is 52.0 Å². The van der Waals surface area contributed by atoms with Gasteiger partial charge in [-0.1, -0.05) is 54.1 Å². The fourth-order valence-corrected chi connectivity index (χ4v) is 6.36. The maximum atomic E-state index is 12.9. The predicted molar refractivity (Wildman–Crippen MR) is 152 cm³/mol. The first kappa shape index (κ1) is 26.1. The summed E-state index contributed by atoms with van der Waals surface area (Å²) in [7, 11) is 5.81. The van der Waals surface area contributed by atoms with Crippen molar-refractivity contribution < 1.29 is 9.84 Å². The highest BCUT2D eigenvalue weighted by Gasteiger charge is 2.42. The van der Waals surface area contributed by atoms with Crippen LogP contribution in [0.1, 0.15) is 62.0 Å². The molecular weight excluding hydrogens is 528 g/mol. The first-order valence-electron chi connectivity index (χ1n) is 13.3. The molecule has 37 heavy (non-hydrogen) atoms. The molecule has 5 rings (SSSR count). The van der Waals surface area contributed by atoms with Crippen molar-refractivity contribution in [2.75, 3.05) is 27.7 Å². The van der Waals surface area contributed by atoms with Gasteiger partial charge >= 0.3 is 0 Å². The quantitative estimate of drug-likeness (QED) is 0.250. The molecule has 1 aromatic carbocycles. The zero-order valence-electron chi connectivity index (χ0n) is 22.0. The van der Waals surface area contributed by atoms with Crippen LogP contribution in [0.4, 0.5) is 0 Å². The number of benzene rings is 1. The summed E-state index contributed by atoms with van der Waals surface area (Å²) in [5.74, 6) is 0.981. The Bertz CT molecular complexity index is 1360. The first-order valence-corrected chi connectivity index (χ1v) is 14.1. The lowest BCUT2D eigenvalue weighted by Crippen LogP contribution is -2.38. The normalized spacial score (nSPS) is 17.4. The highest BCUT2D eigenvalue weighted by Crippen LogP contribution is 2.48. The number of halogens is 1. The van der Waals surface area contributed by atoms with Gasteiger partial charge in [-0.3, -0.25) is 0 Å². The van der Waals surface area contributed by atoms with Gasteiger partial charge in [0.15, 0.2) is 0 Å². The van der Waals surface area contributed by atoms with Crippen molar-refractivity contribution in [1.82, 2.24) is 19.3 Å². The molecule has 6 nitrogen and oxygen atoms in total. The minimum atomic E-state index is -1.12. The number of hydrogen-bond acceptors (Lipinski definition) is 5. The zero-order valence-corrected chi connectivity index (χ0v) is 23.6. The van der Waals surface area contributed by atoms with E-state index in [4.69, 9.17) is 9.72 Å². The third-order valence-electron chi connectivity index (χ3n) is 8.04. The number of rotatable bonds is 9. The molecule has 0 aliphatic heterocycles. The summed E-state index contributed by atoms with van der Waals surface area (Å²) >= 11 is 3.62. The standard InChI is InChI=1S/C30H37BrN4O2/c1-34(2)15-13-30(36,23-9-12-28-32-14-16-35(28)20-23)26(17-21-7-5-4-6-8-21)25-19-22-18-24(31)10-11-27(22)33-29(25)37-3/h9-12,14,16,18-21,26,36H,4-8,13,15,17H2,1-3H3. The van der Waals surface area contributed by atoms with E-state index in [1.165, 1.54) is 32.1 Å². The molecular formula is C30H37BrN4O2. The van der Waals surface area contributed by atoms with Gasteiger partial charge in [0.25, 0.3) is 0 Å². The molecule has 1 aliphatic rings. The van der Waals surface area contributed by atoms with Crippen LogP contribution >= 0.6 is 15.9 Å². The minimum Gasteiger partial charge on any atom is -0.481 e. The molecule has 196 valence electrons. The van der Waals surface area contributed by atoms with Crippen molar-refractivity contribution in [2.45, 2.75) is 56.5 Å². The average molecular weight is 566 g/mol. The van der Waals surface area contributed by atoms with Crippen LogP contribution in [0.3, 0.4) is 0 Å². The third kappa shape index (κ3) is 5.54. The van der Waals surface area contributed by atoms with Gasteiger partial charge in [-0.25, -0.2) is 9.97 Å². The van der Waals surface area contributed by atoms with Crippen molar-refractivity contribution >= 4 is 32.5 Å². The smallest absolute Gasteiger partial charge is 0.217 e. The van der Waals surface area contributed by atoms with E-state index in [-0.39, 0.29) is 5.92 Å². The van der Waals surface area contributed by atoms with Gasteiger partial charge in [0, 0.05) is 52.0 Å². The molecule has 0 radical (unpaired) electrons. The van der Waals surface area contributed by atoms with Crippen molar-refractivity contribution in [3.63, 3.8) is 0 Å². The number of methoxy groups -OCH3 is 1. The summed E-state index contributed by atoms with van der Waals surface area (Å²) in [5.41, 5.74) is 2.52. The van der Waals surface area contributed by atoms with Crippen molar-refractivity contribution in [2.24, 2.45) is 5.92 Å². The van der Waals surface area contributed by atoms with Gasteiger partial charge in [-0.2, -0.15) is 0 Å². The third-order valence-corrected chi connectivity index (χ3v) is 8.53. The molecule has 0 saturated heterocycles. The molecule has 1 saturated carbocycles. The Morgan fingerprint density at radius 1 is 1.16 bits per heavy atom. The first-order chi connectivity index (χ1) is 17.9. The van der Waals surface area contributed by atoms with Gasteiger partial charge in [-0.15, -0.1) is 0 Å². The highest BCUT2D eigenvalue weighted by molar-refractivity contribution is 9.10. The molecule has 2 atom stereocenters. The minimum absolute atomic E-state index is 0.178. The van der Waals surface area contributed by atoms with Crippen LogP contribution in [0.2, 0.25) is 0 Å². The van der Waals surface area contributed by atoms with E-state index in [0.717, 1.165) is 45.1 Å². The summed E-state index contributed by atoms with van der Waals surface area (Å²) < 4.78 is 8.92. The number of fused-ring (bicyclic) bond motifs is 2. The molecule has 7 heteroatoms. The van der Waals surface area contributed by atoms with Crippen molar-refractivity contribution in [3.05, 3.63) is 70.6 Å². The summed E-state index contributed by atoms with van der Waals surface area (Å²) in [6.07, 6.45) is 13.5. The summed E-state index contributed by atoms with van der Waals surface area (Å²) in [5, 5.41) is 13.9. The number of hydrogen-bond donors (Lipinski definition) is 1. The number of pyridine rings is 2. The number of aliphatic hydroxyl groups is 1. The van der Waals surface area contributed by atoms with Crippen LogP contribution in [0.15, 0.2) is 59.5 Å². The van der Waals surface area contributed by atoms with Crippen LogP contribution in [-0.2, 0) is 5.60 Å². The Hall–Kier alpha value is -2.48. The molecule has 3 heterocycles. The van der Waals surface area contributed by atoms with Gasteiger partial charge in [-0.05, 0) is 63.2 Å². The highest BCUT2D eigenvalue weighted by atomic mass is 79.9. The monoisotopic (exact) mass is 564 g/mol. The fourth-order valence-electron chi connectivity index (χ4n) is 5.98. The molecule has 0 spiro atoms. The molecule has 2 unspecified atom stereocenters.